The molecule has 0 saturated heterocycles. The van der Waals surface area contributed by atoms with Gasteiger partial charge in [-0.05, 0) is 49.2 Å². The molecule has 0 spiro atoms. The molecule has 2 aromatic rings. The molecule has 0 fully saturated rings. The van der Waals surface area contributed by atoms with Crippen molar-refractivity contribution in [1.82, 2.24) is 10.3 Å². The first-order chi connectivity index (χ1) is 9.63. The Kier molecular flexibility index (Phi) is 5.16. The molecular formula is C17H21ClN2. The molecule has 1 heterocycles. The van der Waals surface area contributed by atoms with Crippen LogP contribution in [-0.2, 0) is 12.8 Å². The molecule has 1 unspecified atom stereocenters. The molecule has 0 aliphatic carbocycles. The van der Waals surface area contributed by atoms with Crippen LogP contribution in [0.15, 0.2) is 36.5 Å². The smallest absolute Gasteiger partial charge is 0.0456 e. The molecule has 0 aliphatic rings. The first kappa shape index (κ1) is 15.0. The van der Waals surface area contributed by atoms with Crippen molar-refractivity contribution in [2.45, 2.75) is 32.7 Å². The number of nitrogens with one attached hydrogen (secondary N) is 1. The summed E-state index contributed by atoms with van der Waals surface area (Å²) in [5.74, 6) is 0. The summed E-state index contributed by atoms with van der Waals surface area (Å²) in [7, 11) is 1.94. The van der Waals surface area contributed by atoms with Crippen LogP contribution in [-0.4, -0.2) is 12.0 Å². The lowest BCUT2D eigenvalue weighted by Crippen LogP contribution is -2.12. The maximum absolute atomic E-state index is 6.36. The van der Waals surface area contributed by atoms with Gasteiger partial charge in [-0.15, -0.1) is 0 Å². The Morgan fingerprint density at radius 3 is 2.50 bits per heavy atom. The van der Waals surface area contributed by atoms with E-state index in [0.29, 0.717) is 0 Å². The monoisotopic (exact) mass is 288 g/mol. The van der Waals surface area contributed by atoms with Gasteiger partial charge in [0.05, 0.1) is 0 Å². The second-order valence-electron chi connectivity index (χ2n) is 5.05. The third-order valence-corrected chi connectivity index (χ3v) is 3.97. The number of halogens is 1. The summed E-state index contributed by atoms with van der Waals surface area (Å²) in [4.78, 5) is 4.49. The highest BCUT2D eigenvalue weighted by Crippen LogP contribution is 2.24. The maximum atomic E-state index is 6.36. The lowest BCUT2D eigenvalue weighted by atomic mass is 10.0. The van der Waals surface area contributed by atoms with Gasteiger partial charge in [-0.25, -0.2) is 0 Å². The standard InChI is InChI=1S/C17H21ClN2/c1-4-13-5-7-15(20-11-13)9-14-6-8-16(12(2)19-3)17(18)10-14/h5-8,10-12,19H,4,9H2,1-3H3. The zero-order valence-electron chi connectivity index (χ0n) is 12.3. The average Bonchev–Trinajstić information content (AvgIpc) is 2.47. The quantitative estimate of drug-likeness (QED) is 0.893. The van der Waals surface area contributed by atoms with Gasteiger partial charge in [0.25, 0.3) is 0 Å². The van der Waals surface area contributed by atoms with Crippen LogP contribution < -0.4 is 5.32 Å². The zero-order valence-corrected chi connectivity index (χ0v) is 13.0. The number of aromatic nitrogens is 1. The Hall–Kier alpha value is -1.38. The van der Waals surface area contributed by atoms with E-state index in [-0.39, 0.29) is 6.04 Å². The number of nitrogens with zero attached hydrogens (tertiary/aromatic N) is 1. The number of rotatable bonds is 5. The van der Waals surface area contributed by atoms with Gasteiger partial charge in [0.2, 0.25) is 0 Å². The molecule has 0 amide bonds. The van der Waals surface area contributed by atoms with Gasteiger partial charge in [0.1, 0.15) is 0 Å². The predicted molar refractivity (Wildman–Crippen MR) is 85.3 cm³/mol. The Balaban J connectivity index is 2.15. The fraction of sp³-hybridized carbons (Fsp3) is 0.353. The van der Waals surface area contributed by atoms with E-state index in [1.54, 1.807) is 0 Å². The van der Waals surface area contributed by atoms with E-state index < -0.39 is 0 Å². The summed E-state index contributed by atoms with van der Waals surface area (Å²) in [6.07, 6.45) is 3.79. The molecule has 2 nitrogen and oxygen atoms in total. The number of pyridine rings is 1. The number of aryl methyl sites for hydroxylation is 1. The summed E-state index contributed by atoms with van der Waals surface area (Å²) in [5, 5.41) is 4.02. The van der Waals surface area contributed by atoms with Crippen molar-refractivity contribution >= 4 is 11.6 Å². The zero-order chi connectivity index (χ0) is 14.5. The van der Waals surface area contributed by atoms with E-state index in [4.69, 9.17) is 11.6 Å². The SMILES string of the molecule is CCc1ccc(Cc2ccc(C(C)NC)c(Cl)c2)nc1. The topological polar surface area (TPSA) is 24.9 Å². The van der Waals surface area contributed by atoms with Gasteiger partial charge >= 0.3 is 0 Å². The van der Waals surface area contributed by atoms with Crippen molar-refractivity contribution in [1.29, 1.82) is 0 Å². The van der Waals surface area contributed by atoms with Crippen LogP contribution >= 0.6 is 11.6 Å². The van der Waals surface area contributed by atoms with Gasteiger partial charge in [-0.1, -0.05) is 36.7 Å². The minimum absolute atomic E-state index is 0.263. The Labute approximate surface area is 126 Å². The van der Waals surface area contributed by atoms with Crippen LogP contribution in [0.5, 0.6) is 0 Å². The molecule has 3 heteroatoms. The summed E-state index contributed by atoms with van der Waals surface area (Å²) in [5.41, 5.74) is 4.67. The predicted octanol–water partition coefficient (Wildman–Crippen LogP) is 4.17. The van der Waals surface area contributed by atoms with Gasteiger partial charge < -0.3 is 5.32 Å². The summed E-state index contributed by atoms with van der Waals surface area (Å²) >= 11 is 6.36. The van der Waals surface area contributed by atoms with Crippen LogP contribution in [0.3, 0.4) is 0 Å². The largest absolute Gasteiger partial charge is 0.313 e. The summed E-state index contributed by atoms with van der Waals surface area (Å²) < 4.78 is 0. The second kappa shape index (κ2) is 6.87. The Morgan fingerprint density at radius 1 is 1.20 bits per heavy atom. The average molecular weight is 289 g/mol. The van der Waals surface area contributed by atoms with Crippen molar-refractivity contribution < 1.29 is 0 Å². The van der Waals surface area contributed by atoms with Crippen molar-refractivity contribution in [3.8, 4) is 0 Å². The molecule has 1 atom stereocenters. The highest BCUT2D eigenvalue weighted by molar-refractivity contribution is 6.31. The van der Waals surface area contributed by atoms with E-state index in [1.165, 1.54) is 11.1 Å². The van der Waals surface area contributed by atoms with Gasteiger partial charge in [0.15, 0.2) is 0 Å². The second-order valence-corrected chi connectivity index (χ2v) is 5.46. The van der Waals surface area contributed by atoms with Crippen molar-refractivity contribution in [3.05, 3.63) is 63.9 Å². The maximum Gasteiger partial charge on any atom is 0.0456 e. The molecule has 0 saturated carbocycles. The normalized spacial score (nSPS) is 12.4. The van der Waals surface area contributed by atoms with Gasteiger partial charge in [-0.3, -0.25) is 4.98 Å². The molecule has 106 valence electrons. The number of benzene rings is 1. The van der Waals surface area contributed by atoms with Crippen molar-refractivity contribution in [2.75, 3.05) is 7.05 Å². The minimum atomic E-state index is 0.263. The summed E-state index contributed by atoms with van der Waals surface area (Å²) in [6.45, 7) is 4.24. The van der Waals surface area contributed by atoms with Gasteiger partial charge in [-0.2, -0.15) is 0 Å². The Morgan fingerprint density at radius 2 is 1.95 bits per heavy atom. The third-order valence-electron chi connectivity index (χ3n) is 3.64. The third kappa shape index (κ3) is 3.59. The molecule has 2 rings (SSSR count). The molecule has 20 heavy (non-hydrogen) atoms. The van der Waals surface area contributed by atoms with Crippen LogP contribution in [0.2, 0.25) is 5.02 Å². The molecule has 1 aromatic heterocycles. The first-order valence-corrected chi connectivity index (χ1v) is 7.41. The van der Waals surface area contributed by atoms with Crippen LogP contribution in [0, 0.1) is 0 Å². The number of hydrogen-bond acceptors (Lipinski definition) is 2. The highest BCUT2D eigenvalue weighted by atomic mass is 35.5. The summed E-state index contributed by atoms with van der Waals surface area (Å²) in [6, 6.07) is 10.8. The number of hydrogen-bond donors (Lipinski definition) is 1. The lowest BCUT2D eigenvalue weighted by Gasteiger charge is -2.13. The van der Waals surface area contributed by atoms with Crippen LogP contribution in [0.4, 0.5) is 0 Å². The molecule has 1 N–H and O–H groups in total. The highest BCUT2D eigenvalue weighted by Gasteiger charge is 2.08. The van der Waals surface area contributed by atoms with E-state index in [1.807, 2.05) is 19.3 Å². The van der Waals surface area contributed by atoms with E-state index in [2.05, 4.69) is 48.4 Å². The minimum Gasteiger partial charge on any atom is -0.313 e. The van der Waals surface area contributed by atoms with Crippen LogP contribution in [0.25, 0.3) is 0 Å². The van der Waals surface area contributed by atoms with Crippen molar-refractivity contribution in [3.63, 3.8) is 0 Å². The Bertz CT molecular complexity index is 564. The van der Waals surface area contributed by atoms with E-state index in [0.717, 1.165) is 29.1 Å². The molecule has 0 radical (unpaired) electrons. The van der Waals surface area contributed by atoms with E-state index >= 15 is 0 Å². The van der Waals surface area contributed by atoms with E-state index in [9.17, 15) is 0 Å². The molecule has 1 aromatic carbocycles. The fourth-order valence-corrected chi connectivity index (χ4v) is 2.53. The lowest BCUT2D eigenvalue weighted by molar-refractivity contribution is 0.652. The molecule has 0 aliphatic heterocycles. The first-order valence-electron chi connectivity index (χ1n) is 7.03. The van der Waals surface area contributed by atoms with Gasteiger partial charge in [0, 0.05) is 29.4 Å². The molecule has 0 bridgehead atoms. The fourth-order valence-electron chi connectivity index (χ4n) is 2.17. The van der Waals surface area contributed by atoms with Crippen molar-refractivity contribution in [2.24, 2.45) is 0 Å². The molecular weight excluding hydrogens is 268 g/mol. The van der Waals surface area contributed by atoms with Crippen LogP contribution in [0.1, 0.15) is 42.3 Å².